The van der Waals surface area contributed by atoms with Crippen molar-refractivity contribution in [1.82, 2.24) is 19.6 Å². The van der Waals surface area contributed by atoms with Gasteiger partial charge >= 0.3 is 12.2 Å². The molecule has 3 heterocycles. The van der Waals surface area contributed by atoms with Crippen LogP contribution in [0, 0.1) is 5.92 Å². The summed E-state index contributed by atoms with van der Waals surface area (Å²) in [5.74, 6) is 1.03. The molecule has 0 atom stereocenters. The maximum Gasteiger partial charge on any atom is 0.509 e. The van der Waals surface area contributed by atoms with Crippen LogP contribution < -0.4 is 10.2 Å². The van der Waals surface area contributed by atoms with E-state index in [-0.39, 0.29) is 5.92 Å². The zero-order chi connectivity index (χ0) is 28.6. The van der Waals surface area contributed by atoms with Crippen molar-refractivity contribution in [2.24, 2.45) is 5.92 Å². The molecular formula is C27H35BrN6O5. The van der Waals surface area contributed by atoms with E-state index in [0.29, 0.717) is 41.1 Å². The quantitative estimate of drug-likeness (QED) is 0.315. The number of hydrogen-bond donors (Lipinski definition) is 1. The molecule has 11 nitrogen and oxygen atoms in total. The summed E-state index contributed by atoms with van der Waals surface area (Å²) < 4.78 is 19.0. The zero-order valence-corrected chi connectivity index (χ0v) is 24.9. The molecule has 4 rings (SSSR count). The molecule has 3 aromatic rings. The Hall–Kier alpha value is -3.41. The first-order valence-corrected chi connectivity index (χ1v) is 13.5. The van der Waals surface area contributed by atoms with E-state index in [2.05, 4.69) is 36.3 Å². The van der Waals surface area contributed by atoms with E-state index in [0.717, 1.165) is 5.69 Å². The molecular weight excluding hydrogens is 568 g/mol. The molecule has 3 aromatic heterocycles. The third-order valence-corrected chi connectivity index (χ3v) is 6.39. The standard InChI is InChI=1S/C27H35BrN6O5/c1-25(2,3)37-23(35)33(16-17-12-27(7,13-17)39-24(36)38-26(4,5)6)21-11-20(31-18-9-8-10-29-14-18)32-22-19(28)15-30-34(21)22/h8-11,14-15,17H,12-13,16H2,1-7H3,(H,31,32). The number of pyridine rings is 1. The van der Waals surface area contributed by atoms with E-state index >= 15 is 0 Å². The summed E-state index contributed by atoms with van der Waals surface area (Å²) in [5.41, 5.74) is -0.761. The van der Waals surface area contributed by atoms with Gasteiger partial charge in [-0.25, -0.2) is 14.6 Å². The molecule has 1 N–H and O–H groups in total. The van der Waals surface area contributed by atoms with E-state index < -0.39 is 29.1 Å². The SMILES string of the molecule is CC(C)(C)OC(=O)OC1(C)CC(CN(C(=O)OC(C)(C)C)c2cc(Nc3cccnc3)nc3c(Br)cnn23)C1. The average molecular weight is 604 g/mol. The summed E-state index contributed by atoms with van der Waals surface area (Å²) in [4.78, 5) is 36.2. The Balaban J connectivity index is 1.62. The van der Waals surface area contributed by atoms with E-state index in [1.807, 2.05) is 39.8 Å². The van der Waals surface area contributed by atoms with Crippen molar-refractivity contribution < 1.29 is 23.8 Å². The van der Waals surface area contributed by atoms with Crippen molar-refractivity contribution in [2.75, 3.05) is 16.8 Å². The second kappa shape index (κ2) is 10.6. The van der Waals surface area contributed by atoms with Crippen molar-refractivity contribution in [3.63, 3.8) is 0 Å². The van der Waals surface area contributed by atoms with Gasteiger partial charge in [-0.1, -0.05) is 0 Å². The highest BCUT2D eigenvalue weighted by Gasteiger charge is 2.46. The molecule has 0 aromatic carbocycles. The molecule has 1 aliphatic carbocycles. The molecule has 12 heteroatoms. The Morgan fingerprint density at radius 1 is 1.15 bits per heavy atom. The predicted molar refractivity (Wildman–Crippen MR) is 150 cm³/mol. The average Bonchev–Trinajstić information content (AvgIpc) is 3.14. The number of carbonyl (C=O) groups is 2. The zero-order valence-electron chi connectivity index (χ0n) is 23.3. The van der Waals surface area contributed by atoms with Crippen LogP contribution in [0.2, 0.25) is 0 Å². The molecule has 0 saturated heterocycles. The van der Waals surface area contributed by atoms with Crippen LogP contribution in [-0.2, 0) is 14.2 Å². The number of amides is 1. The van der Waals surface area contributed by atoms with Crippen LogP contribution in [-0.4, -0.2) is 55.2 Å². The van der Waals surface area contributed by atoms with Crippen molar-refractivity contribution in [1.29, 1.82) is 0 Å². The van der Waals surface area contributed by atoms with Crippen LogP contribution in [0.25, 0.3) is 5.65 Å². The van der Waals surface area contributed by atoms with Crippen molar-refractivity contribution in [2.45, 2.75) is 78.1 Å². The second-order valence-corrected chi connectivity index (χ2v) is 12.8. The van der Waals surface area contributed by atoms with Gasteiger partial charge in [0.2, 0.25) is 0 Å². The molecule has 1 saturated carbocycles. The Kier molecular flexibility index (Phi) is 7.79. The summed E-state index contributed by atoms with van der Waals surface area (Å²) in [6, 6.07) is 5.43. The highest BCUT2D eigenvalue weighted by molar-refractivity contribution is 9.10. The lowest BCUT2D eigenvalue weighted by molar-refractivity contribution is -0.109. The summed E-state index contributed by atoms with van der Waals surface area (Å²) in [6.45, 7) is 13.0. The van der Waals surface area contributed by atoms with Gasteiger partial charge in [-0.3, -0.25) is 9.88 Å². The van der Waals surface area contributed by atoms with Crippen LogP contribution in [0.1, 0.15) is 61.3 Å². The fraction of sp³-hybridized carbons (Fsp3) is 0.519. The minimum Gasteiger partial charge on any atom is -0.443 e. The lowest BCUT2D eigenvalue weighted by atomic mass is 9.71. The molecule has 1 aliphatic rings. The number of fused-ring (bicyclic) bond motifs is 1. The number of nitrogens with one attached hydrogen (secondary N) is 1. The van der Waals surface area contributed by atoms with Gasteiger partial charge in [0.1, 0.15) is 28.4 Å². The topological polar surface area (TPSA) is 120 Å². The van der Waals surface area contributed by atoms with E-state index in [1.54, 1.807) is 54.8 Å². The number of halogens is 1. The molecule has 0 radical (unpaired) electrons. The minimum atomic E-state index is -0.711. The van der Waals surface area contributed by atoms with E-state index in [4.69, 9.17) is 14.2 Å². The minimum absolute atomic E-state index is 0.0434. The van der Waals surface area contributed by atoms with Crippen molar-refractivity contribution >= 4 is 51.1 Å². The Morgan fingerprint density at radius 2 is 1.85 bits per heavy atom. The smallest absolute Gasteiger partial charge is 0.443 e. The monoisotopic (exact) mass is 602 g/mol. The fourth-order valence-corrected chi connectivity index (χ4v) is 4.79. The number of rotatable bonds is 6. The van der Waals surface area contributed by atoms with Crippen LogP contribution in [0.5, 0.6) is 0 Å². The lowest BCUT2D eigenvalue weighted by Crippen LogP contribution is -2.51. The van der Waals surface area contributed by atoms with Gasteiger partial charge in [-0.15, -0.1) is 0 Å². The maximum atomic E-state index is 13.5. The van der Waals surface area contributed by atoms with Crippen LogP contribution in [0.3, 0.4) is 0 Å². The van der Waals surface area contributed by atoms with Crippen LogP contribution in [0.15, 0.2) is 41.3 Å². The van der Waals surface area contributed by atoms with Gasteiger partial charge in [-0.05, 0) is 95.3 Å². The first kappa shape index (κ1) is 28.6. The number of aromatic nitrogens is 4. The Morgan fingerprint density at radius 3 is 2.46 bits per heavy atom. The van der Waals surface area contributed by atoms with Crippen LogP contribution >= 0.6 is 15.9 Å². The molecule has 0 bridgehead atoms. The number of hydrogen-bond acceptors (Lipinski definition) is 9. The van der Waals surface area contributed by atoms with Crippen LogP contribution in [0.4, 0.5) is 26.9 Å². The third kappa shape index (κ3) is 7.37. The van der Waals surface area contributed by atoms with E-state index in [1.165, 1.54) is 0 Å². The van der Waals surface area contributed by atoms with Gasteiger partial charge in [0.25, 0.3) is 0 Å². The molecule has 0 spiro atoms. The number of nitrogens with zero attached hydrogens (tertiary/aromatic N) is 5. The van der Waals surface area contributed by atoms with Gasteiger partial charge in [0, 0.05) is 18.8 Å². The number of ether oxygens (including phenoxy) is 3. The number of carbonyl (C=O) groups excluding carboxylic acids is 2. The maximum absolute atomic E-state index is 13.5. The van der Waals surface area contributed by atoms with Gasteiger partial charge in [0.15, 0.2) is 5.65 Å². The highest BCUT2D eigenvalue weighted by Crippen LogP contribution is 2.42. The summed E-state index contributed by atoms with van der Waals surface area (Å²) in [6.07, 6.45) is 4.90. The van der Waals surface area contributed by atoms with Crippen molar-refractivity contribution in [3.8, 4) is 0 Å². The van der Waals surface area contributed by atoms with E-state index in [9.17, 15) is 9.59 Å². The lowest BCUT2D eigenvalue weighted by Gasteiger charge is -2.45. The fourth-order valence-electron chi connectivity index (χ4n) is 4.44. The summed E-state index contributed by atoms with van der Waals surface area (Å²) in [5, 5.41) is 7.70. The number of anilines is 3. The Labute approximate surface area is 236 Å². The largest absolute Gasteiger partial charge is 0.509 e. The normalized spacial score (nSPS) is 19.2. The van der Waals surface area contributed by atoms with Gasteiger partial charge < -0.3 is 19.5 Å². The summed E-state index contributed by atoms with van der Waals surface area (Å²) >= 11 is 3.51. The second-order valence-electron chi connectivity index (χ2n) is 12.0. The predicted octanol–water partition coefficient (Wildman–Crippen LogP) is 6.49. The molecule has 0 aliphatic heterocycles. The molecule has 1 amide bonds. The Bertz CT molecular complexity index is 1340. The molecule has 0 unspecified atom stereocenters. The van der Waals surface area contributed by atoms with Crippen molar-refractivity contribution in [3.05, 3.63) is 41.3 Å². The van der Waals surface area contributed by atoms with Gasteiger partial charge in [0.05, 0.1) is 22.6 Å². The molecule has 1 fully saturated rings. The van der Waals surface area contributed by atoms with Gasteiger partial charge in [-0.2, -0.15) is 9.61 Å². The summed E-state index contributed by atoms with van der Waals surface area (Å²) in [7, 11) is 0. The highest BCUT2D eigenvalue weighted by atomic mass is 79.9. The first-order chi connectivity index (χ1) is 18.1. The molecule has 210 valence electrons. The first-order valence-electron chi connectivity index (χ1n) is 12.7. The third-order valence-electron chi connectivity index (χ3n) is 5.84. The molecule has 39 heavy (non-hydrogen) atoms.